The molecule has 0 aromatic carbocycles. The van der Waals surface area contributed by atoms with E-state index in [1.54, 1.807) is 24.2 Å². The summed E-state index contributed by atoms with van der Waals surface area (Å²) in [6, 6.07) is 0.0400. The number of nitrogens with zero attached hydrogens (tertiary/aromatic N) is 8. The molecule has 4 aromatic rings. The van der Waals surface area contributed by atoms with Gasteiger partial charge in [-0.2, -0.15) is 0 Å². The van der Waals surface area contributed by atoms with Crippen LogP contribution in [0.4, 0.5) is 5.82 Å². The molecule has 1 unspecified atom stereocenters. The lowest BCUT2D eigenvalue weighted by molar-refractivity contribution is 0.0759. The molecular weight excluding hydrogens is 410 g/mol. The molecule has 1 fully saturated rings. The van der Waals surface area contributed by atoms with E-state index in [-0.39, 0.29) is 11.9 Å². The van der Waals surface area contributed by atoms with Crippen molar-refractivity contribution in [2.45, 2.75) is 39.8 Å². The van der Waals surface area contributed by atoms with Crippen LogP contribution in [0.15, 0.2) is 29.5 Å². The van der Waals surface area contributed by atoms with Gasteiger partial charge in [0.15, 0.2) is 23.4 Å². The minimum Gasteiger partial charge on any atom is -0.438 e. The lowest BCUT2D eigenvalue weighted by Gasteiger charge is -2.16. The van der Waals surface area contributed by atoms with Gasteiger partial charge in [0.05, 0.1) is 11.3 Å². The van der Waals surface area contributed by atoms with Gasteiger partial charge in [0, 0.05) is 38.1 Å². The second kappa shape index (κ2) is 7.98. The number of anilines is 1. The van der Waals surface area contributed by atoms with Crippen LogP contribution in [0.1, 0.15) is 35.4 Å². The Balaban J connectivity index is 1.41. The van der Waals surface area contributed by atoms with Gasteiger partial charge >= 0.3 is 0 Å². The molecule has 1 saturated heterocycles. The van der Waals surface area contributed by atoms with Crippen molar-refractivity contribution in [3.05, 3.63) is 42.4 Å². The van der Waals surface area contributed by atoms with Crippen molar-refractivity contribution < 1.29 is 9.21 Å². The van der Waals surface area contributed by atoms with Crippen LogP contribution >= 0.6 is 0 Å². The highest BCUT2D eigenvalue weighted by atomic mass is 16.3. The van der Waals surface area contributed by atoms with Crippen molar-refractivity contribution in [1.29, 1.82) is 0 Å². The number of amides is 1. The van der Waals surface area contributed by atoms with Crippen molar-refractivity contribution in [3.63, 3.8) is 0 Å². The van der Waals surface area contributed by atoms with E-state index in [0.717, 1.165) is 23.5 Å². The molecule has 1 atom stereocenters. The highest BCUT2D eigenvalue weighted by Crippen LogP contribution is 2.27. The fraction of sp³-hybridized carbons (Fsp3) is 0.381. The lowest BCUT2D eigenvalue weighted by atomic mass is 10.2. The van der Waals surface area contributed by atoms with Crippen molar-refractivity contribution in [2.24, 2.45) is 0 Å². The maximum atomic E-state index is 12.7. The molecule has 1 N–H and O–H groups in total. The Bertz CT molecular complexity index is 1280. The van der Waals surface area contributed by atoms with Gasteiger partial charge in [-0.25, -0.2) is 29.9 Å². The summed E-state index contributed by atoms with van der Waals surface area (Å²) >= 11 is 0. The van der Waals surface area contributed by atoms with Crippen molar-refractivity contribution in [3.8, 4) is 11.4 Å². The normalized spacial score (nSPS) is 16.1. The van der Waals surface area contributed by atoms with E-state index >= 15 is 0 Å². The van der Waals surface area contributed by atoms with Crippen molar-refractivity contribution in [1.82, 2.24) is 39.4 Å². The first-order valence-electron chi connectivity index (χ1n) is 10.5. The van der Waals surface area contributed by atoms with Crippen LogP contribution < -0.4 is 5.32 Å². The number of carbonyl (C=O) groups excluding carboxylic acids is 1. The molecule has 0 radical (unpaired) electrons. The van der Waals surface area contributed by atoms with E-state index in [9.17, 15) is 4.79 Å². The van der Waals surface area contributed by atoms with Crippen LogP contribution in [-0.4, -0.2) is 64.4 Å². The smallest absolute Gasteiger partial charge is 0.291 e. The third-order valence-electron chi connectivity index (χ3n) is 5.64. The first-order chi connectivity index (χ1) is 15.5. The van der Waals surface area contributed by atoms with Gasteiger partial charge in [-0.05, 0) is 27.2 Å². The molecule has 5 heterocycles. The molecule has 4 aromatic heterocycles. The average Bonchev–Trinajstić information content (AvgIpc) is 3.52. The molecule has 0 aliphatic carbocycles. The number of rotatable bonds is 5. The molecule has 0 bridgehead atoms. The van der Waals surface area contributed by atoms with Gasteiger partial charge < -0.3 is 19.2 Å². The zero-order valence-electron chi connectivity index (χ0n) is 18.1. The number of carbonyl (C=O) groups is 1. The summed E-state index contributed by atoms with van der Waals surface area (Å²) < 4.78 is 7.28. The number of aryl methyl sites for hydroxylation is 3. The minimum absolute atomic E-state index is 0.0400. The second-order valence-electron chi connectivity index (χ2n) is 7.74. The fourth-order valence-electron chi connectivity index (χ4n) is 3.98. The number of nitrogens with one attached hydrogen (secondary N) is 1. The monoisotopic (exact) mass is 433 g/mol. The van der Waals surface area contributed by atoms with Crippen LogP contribution in [0.3, 0.4) is 0 Å². The van der Waals surface area contributed by atoms with Crippen molar-refractivity contribution in [2.75, 3.05) is 18.4 Å². The Morgan fingerprint density at radius 3 is 2.72 bits per heavy atom. The number of hydrogen-bond acceptors (Lipinski definition) is 9. The van der Waals surface area contributed by atoms with Crippen LogP contribution in [0.5, 0.6) is 0 Å². The predicted molar refractivity (Wildman–Crippen MR) is 116 cm³/mol. The molecule has 0 spiro atoms. The van der Waals surface area contributed by atoms with E-state index in [2.05, 4.69) is 30.2 Å². The van der Waals surface area contributed by atoms with Gasteiger partial charge in [-0.1, -0.05) is 0 Å². The number of oxazole rings is 1. The molecular formula is C21H23N9O2. The maximum Gasteiger partial charge on any atom is 0.291 e. The van der Waals surface area contributed by atoms with Crippen LogP contribution in [0, 0.1) is 13.8 Å². The Morgan fingerprint density at radius 2 is 2.00 bits per heavy atom. The zero-order valence-corrected chi connectivity index (χ0v) is 18.1. The molecule has 1 amide bonds. The molecule has 164 valence electrons. The number of aromatic nitrogens is 7. The van der Waals surface area contributed by atoms with Gasteiger partial charge in [0.2, 0.25) is 5.76 Å². The van der Waals surface area contributed by atoms with Gasteiger partial charge in [0.1, 0.15) is 18.0 Å². The van der Waals surface area contributed by atoms with Gasteiger partial charge in [-0.15, -0.1) is 0 Å². The molecule has 0 saturated carbocycles. The summed E-state index contributed by atoms with van der Waals surface area (Å²) in [7, 11) is 0. The Kier molecular flexibility index (Phi) is 5.00. The van der Waals surface area contributed by atoms with E-state index in [4.69, 9.17) is 9.40 Å². The summed E-state index contributed by atoms with van der Waals surface area (Å²) in [5, 5.41) is 3.46. The summed E-state index contributed by atoms with van der Waals surface area (Å²) in [6.45, 7) is 7.51. The number of imidazole rings is 1. The standard InChI is InChI=1S/C21H23N9O2/c1-4-30-19(14-7-22-13(3)23-8-14)28-16-18(24-10-25-20(16)30)27-15-5-6-29(9-15)21(31)17-12(2)26-11-32-17/h7-8,10-11,15H,4-6,9H2,1-3H3,(H,24,25,27). The molecule has 32 heavy (non-hydrogen) atoms. The molecule has 11 nitrogen and oxygen atoms in total. The van der Waals surface area contributed by atoms with Crippen LogP contribution in [-0.2, 0) is 6.54 Å². The Labute approximate surface area is 184 Å². The van der Waals surface area contributed by atoms with Crippen LogP contribution in [0.2, 0.25) is 0 Å². The topological polar surface area (TPSA) is 128 Å². The molecule has 1 aliphatic rings. The SMILES string of the molecule is CCn1c(-c2cnc(C)nc2)nc2c(NC3CCN(C(=O)c4ocnc4C)C3)ncnc21. The molecule has 1 aliphatic heterocycles. The highest BCUT2D eigenvalue weighted by molar-refractivity contribution is 5.92. The summed E-state index contributed by atoms with van der Waals surface area (Å²) in [6.07, 6.45) is 7.15. The molecule has 5 rings (SSSR count). The van der Waals surface area contributed by atoms with E-state index in [0.29, 0.717) is 48.2 Å². The fourth-order valence-corrected chi connectivity index (χ4v) is 3.98. The predicted octanol–water partition coefficient (Wildman–Crippen LogP) is 2.23. The highest BCUT2D eigenvalue weighted by Gasteiger charge is 2.30. The summed E-state index contributed by atoms with van der Waals surface area (Å²) in [4.78, 5) is 40.8. The third-order valence-corrected chi connectivity index (χ3v) is 5.64. The maximum absolute atomic E-state index is 12.7. The van der Waals surface area contributed by atoms with Gasteiger partial charge in [0.25, 0.3) is 5.91 Å². The largest absolute Gasteiger partial charge is 0.438 e. The zero-order chi connectivity index (χ0) is 22.2. The first kappa shape index (κ1) is 20.0. The van der Waals surface area contributed by atoms with Gasteiger partial charge in [-0.3, -0.25) is 4.79 Å². The molecule has 11 heteroatoms. The summed E-state index contributed by atoms with van der Waals surface area (Å²) in [5.41, 5.74) is 2.84. The first-order valence-corrected chi connectivity index (χ1v) is 10.5. The second-order valence-corrected chi connectivity index (χ2v) is 7.74. The summed E-state index contributed by atoms with van der Waals surface area (Å²) in [5.74, 6) is 2.24. The van der Waals surface area contributed by atoms with E-state index in [1.807, 2.05) is 18.4 Å². The van der Waals surface area contributed by atoms with Crippen molar-refractivity contribution >= 4 is 22.9 Å². The average molecular weight is 433 g/mol. The van der Waals surface area contributed by atoms with Crippen LogP contribution in [0.25, 0.3) is 22.6 Å². The van der Waals surface area contributed by atoms with E-state index in [1.165, 1.54) is 12.7 Å². The lowest BCUT2D eigenvalue weighted by Crippen LogP contribution is -2.32. The Hall–Kier alpha value is -3.89. The number of hydrogen-bond donors (Lipinski definition) is 1. The number of fused-ring (bicyclic) bond motifs is 1. The number of likely N-dealkylation sites (tertiary alicyclic amines) is 1. The third kappa shape index (κ3) is 3.45. The minimum atomic E-state index is -0.144. The van der Waals surface area contributed by atoms with E-state index < -0.39 is 0 Å². The Morgan fingerprint density at radius 1 is 1.19 bits per heavy atom. The quantitative estimate of drug-likeness (QED) is 0.504.